The van der Waals surface area contributed by atoms with Gasteiger partial charge in [-0.15, -0.1) is 12.4 Å². The number of amides is 3. The van der Waals surface area contributed by atoms with Crippen LogP contribution in [0.3, 0.4) is 0 Å². The van der Waals surface area contributed by atoms with Crippen LogP contribution in [0.15, 0.2) is 24.3 Å². The molecule has 7 heteroatoms. The average Bonchev–Trinajstić information content (AvgIpc) is 2.90. The summed E-state index contributed by atoms with van der Waals surface area (Å²) in [6.45, 7) is 2.74. The quantitative estimate of drug-likeness (QED) is 0.850. The number of hydrogen-bond acceptors (Lipinski definition) is 3. The maximum absolute atomic E-state index is 12.2. The molecule has 1 aromatic carbocycles. The number of carbonyl (C=O) groups excluding carboxylic acids is 2. The van der Waals surface area contributed by atoms with Gasteiger partial charge in [0.1, 0.15) is 0 Å². The zero-order valence-corrected chi connectivity index (χ0v) is 13.1. The van der Waals surface area contributed by atoms with Crippen LogP contribution < -0.4 is 15.5 Å². The second-order valence-electron chi connectivity index (χ2n) is 4.76. The van der Waals surface area contributed by atoms with E-state index in [0.29, 0.717) is 25.2 Å². The van der Waals surface area contributed by atoms with Gasteiger partial charge in [-0.1, -0.05) is 0 Å². The molecule has 1 aliphatic heterocycles. The molecule has 0 radical (unpaired) electrons. The summed E-state index contributed by atoms with van der Waals surface area (Å²) in [5.74, 6) is -0.0160. The Hall–Kier alpha value is -1.79. The van der Waals surface area contributed by atoms with Crippen molar-refractivity contribution in [2.45, 2.75) is 0 Å². The van der Waals surface area contributed by atoms with E-state index in [1.807, 2.05) is 19.2 Å². The van der Waals surface area contributed by atoms with Gasteiger partial charge in [0.2, 0.25) is 0 Å². The Bertz CT molecular complexity index is 492. The molecule has 0 saturated carbocycles. The first kappa shape index (κ1) is 17.3. The van der Waals surface area contributed by atoms with Gasteiger partial charge in [0.05, 0.1) is 0 Å². The van der Waals surface area contributed by atoms with E-state index in [2.05, 4.69) is 10.6 Å². The highest BCUT2D eigenvalue weighted by molar-refractivity contribution is 5.96. The Kier molecular flexibility index (Phi) is 6.45. The third-order valence-electron chi connectivity index (χ3n) is 3.33. The van der Waals surface area contributed by atoms with E-state index in [4.69, 9.17) is 0 Å². The smallest absolute Gasteiger partial charge is 0.321 e. The molecule has 0 aromatic heterocycles. The molecule has 3 amide bonds. The van der Waals surface area contributed by atoms with E-state index in [1.54, 1.807) is 29.0 Å². The minimum atomic E-state index is -0.0878. The second-order valence-corrected chi connectivity index (χ2v) is 4.76. The van der Waals surface area contributed by atoms with E-state index in [9.17, 15) is 9.59 Å². The number of halogens is 1. The molecule has 1 fully saturated rings. The molecule has 0 unspecified atom stereocenters. The fourth-order valence-electron chi connectivity index (χ4n) is 2.10. The summed E-state index contributed by atoms with van der Waals surface area (Å²) in [5.41, 5.74) is 1.45. The maximum atomic E-state index is 12.2. The van der Waals surface area contributed by atoms with Gasteiger partial charge in [-0.25, -0.2) is 4.79 Å². The van der Waals surface area contributed by atoms with Gasteiger partial charge in [-0.2, -0.15) is 0 Å². The number of carbonyl (C=O) groups is 2. The number of likely N-dealkylation sites (N-methyl/N-ethyl adjacent to an activating group) is 2. The summed E-state index contributed by atoms with van der Waals surface area (Å²) in [5, 5.41) is 5.76. The number of benzene rings is 1. The molecular formula is C14H21ClN4O2. The van der Waals surface area contributed by atoms with E-state index in [1.165, 1.54) is 0 Å². The highest BCUT2D eigenvalue weighted by Gasteiger charge is 2.21. The first-order valence-electron chi connectivity index (χ1n) is 6.69. The number of urea groups is 1. The Morgan fingerprint density at radius 1 is 1.38 bits per heavy atom. The zero-order valence-electron chi connectivity index (χ0n) is 12.3. The van der Waals surface area contributed by atoms with Crippen LogP contribution in [-0.4, -0.2) is 57.1 Å². The fourth-order valence-corrected chi connectivity index (χ4v) is 2.10. The van der Waals surface area contributed by atoms with Crippen LogP contribution in [0.1, 0.15) is 10.4 Å². The minimum absolute atomic E-state index is 0. The van der Waals surface area contributed by atoms with Gasteiger partial charge in [0.25, 0.3) is 5.91 Å². The number of nitrogens with one attached hydrogen (secondary N) is 2. The summed E-state index contributed by atoms with van der Waals surface area (Å²) in [4.78, 5) is 27.0. The number of hydrogen-bond donors (Lipinski definition) is 2. The molecule has 1 aromatic rings. The van der Waals surface area contributed by atoms with Crippen molar-refractivity contribution in [1.29, 1.82) is 0 Å². The molecular weight excluding hydrogens is 292 g/mol. The third-order valence-corrected chi connectivity index (χ3v) is 3.33. The van der Waals surface area contributed by atoms with Gasteiger partial charge in [0.15, 0.2) is 0 Å². The minimum Gasteiger partial charge on any atom is -0.340 e. The molecule has 1 heterocycles. The van der Waals surface area contributed by atoms with Crippen LogP contribution in [0.25, 0.3) is 0 Å². The molecule has 2 N–H and O–H groups in total. The number of anilines is 1. The lowest BCUT2D eigenvalue weighted by Gasteiger charge is -2.18. The molecule has 21 heavy (non-hydrogen) atoms. The SMILES string of the molecule is CNCCN(C)C(=O)c1ccc(N2CCNC2=O)cc1.Cl. The van der Waals surface area contributed by atoms with Gasteiger partial charge >= 0.3 is 6.03 Å². The van der Waals surface area contributed by atoms with E-state index < -0.39 is 0 Å². The first-order valence-corrected chi connectivity index (χ1v) is 6.69. The van der Waals surface area contributed by atoms with E-state index in [-0.39, 0.29) is 24.3 Å². The van der Waals surface area contributed by atoms with E-state index >= 15 is 0 Å². The Labute approximate surface area is 130 Å². The topological polar surface area (TPSA) is 64.7 Å². The maximum Gasteiger partial charge on any atom is 0.321 e. The van der Waals surface area contributed by atoms with Gasteiger partial charge in [-0.3, -0.25) is 9.69 Å². The Balaban J connectivity index is 0.00000220. The fraction of sp³-hybridized carbons (Fsp3) is 0.429. The van der Waals surface area contributed by atoms with Crippen molar-refractivity contribution in [3.8, 4) is 0 Å². The van der Waals surface area contributed by atoms with Crippen LogP contribution in [0.5, 0.6) is 0 Å². The van der Waals surface area contributed by atoms with Crippen molar-refractivity contribution in [2.24, 2.45) is 0 Å². The Morgan fingerprint density at radius 3 is 2.57 bits per heavy atom. The third kappa shape index (κ3) is 4.09. The van der Waals surface area contributed by atoms with Crippen LogP contribution in [0, 0.1) is 0 Å². The molecule has 1 aliphatic rings. The molecule has 0 atom stereocenters. The summed E-state index contributed by atoms with van der Waals surface area (Å²) >= 11 is 0. The second kappa shape index (κ2) is 7.85. The molecule has 116 valence electrons. The zero-order chi connectivity index (χ0) is 14.5. The van der Waals surface area contributed by atoms with E-state index in [0.717, 1.165) is 12.2 Å². The van der Waals surface area contributed by atoms with Crippen molar-refractivity contribution in [1.82, 2.24) is 15.5 Å². The van der Waals surface area contributed by atoms with Crippen LogP contribution in [0.4, 0.5) is 10.5 Å². The standard InChI is InChI=1S/C14H20N4O2.ClH/c1-15-7-9-17(2)13(19)11-3-5-12(6-4-11)18-10-8-16-14(18)20;/h3-6,15H,7-10H2,1-2H3,(H,16,20);1H. The van der Waals surface area contributed by atoms with Gasteiger partial charge in [0, 0.05) is 44.5 Å². The van der Waals surface area contributed by atoms with Crippen molar-refractivity contribution in [3.05, 3.63) is 29.8 Å². The summed E-state index contributed by atoms with van der Waals surface area (Å²) in [7, 11) is 3.63. The van der Waals surface area contributed by atoms with Crippen molar-refractivity contribution < 1.29 is 9.59 Å². The molecule has 2 rings (SSSR count). The van der Waals surface area contributed by atoms with Gasteiger partial charge in [-0.05, 0) is 31.3 Å². The van der Waals surface area contributed by atoms with Crippen molar-refractivity contribution >= 4 is 30.0 Å². The monoisotopic (exact) mass is 312 g/mol. The molecule has 0 aliphatic carbocycles. The normalized spacial score (nSPS) is 13.6. The molecule has 6 nitrogen and oxygen atoms in total. The summed E-state index contributed by atoms with van der Waals surface area (Å²) < 4.78 is 0. The summed E-state index contributed by atoms with van der Waals surface area (Å²) in [6.07, 6.45) is 0. The van der Waals surface area contributed by atoms with Crippen molar-refractivity contribution in [2.75, 3.05) is 45.2 Å². The van der Waals surface area contributed by atoms with Crippen LogP contribution >= 0.6 is 12.4 Å². The predicted octanol–water partition coefficient (Wildman–Crippen LogP) is 0.929. The number of nitrogens with zero attached hydrogens (tertiary/aromatic N) is 2. The lowest BCUT2D eigenvalue weighted by molar-refractivity contribution is 0.0797. The number of rotatable bonds is 5. The van der Waals surface area contributed by atoms with Crippen LogP contribution in [0.2, 0.25) is 0 Å². The molecule has 1 saturated heterocycles. The largest absolute Gasteiger partial charge is 0.340 e. The highest BCUT2D eigenvalue weighted by Crippen LogP contribution is 2.17. The average molecular weight is 313 g/mol. The van der Waals surface area contributed by atoms with Crippen molar-refractivity contribution in [3.63, 3.8) is 0 Å². The lowest BCUT2D eigenvalue weighted by Crippen LogP contribution is -2.32. The predicted molar refractivity (Wildman–Crippen MR) is 85.3 cm³/mol. The highest BCUT2D eigenvalue weighted by atomic mass is 35.5. The lowest BCUT2D eigenvalue weighted by atomic mass is 10.1. The first-order chi connectivity index (χ1) is 9.63. The van der Waals surface area contributed by atoms with Gasteiger partial charge < -0.3 is 15.5 Å². The molecule has 0 bridgehead atoms. The molecule has 0 spiro atoms. The van der Waals surface area contributed by atoms with Crippen LogP contribution in [-0.2, 0) is 0 Å². The Morgan fingerprint density at radius 2 is 2.05 bits per heavy atom. The summed E-state index contributed by atoms with van der Waals surface area (Å²) in [6, 6.07) is 7.06.